The van der Waals surface area contributed by atoms with Crippen molar-refractivity contribution in [2.24, 2.45) is 0 Å². The van der Waals surface area contributed by atoms with Gasteiger partial charge in [0.2, 0.25) is 0 Å². The molecular formula is C13H9BrF2O2. The van der Waals surface area contributed by atoms with Gasteiger partial charge in [-0.05, 0) is 40.2 Å². The van der Waals surface area contributed by atoms with Crippen LogP contribution in [0.1, 0.15) is 5.56 Å². The molecular weight excluding hydrogens is 306 g/mol. The second-order valence-electron chi connectivity index (χ2n) is 3.56. The maximum atomic E-state index is 13.6. The van der Waals surface area contributed by atoms with E-state index in [1.165, 1.54) is 30.3 Å². The number of para-hydroxylation sites is 1. The van der Waals surface area contributed by atoms with Gasteiger partial charge in [0.05, 0.1) is 11.1 Å². The minimum Gasteiger partial charge on any atom is -0.453 e. The van der Waals surface area contributed by atoms with E-state index in [1.54, 1.807) is 6.07 Å². The first-order chi connectivity index (χ1) is 8.61. The van der Waals surface area contributed by atoms with E-state index in [1.807, 2.05) is 0 Å². The van der Waals surface area contributed by atoms with Crippen molar-refractivity contribution in [3.63, 3.8) is 0 Å². The number of hydrogen-bond acceptors (Lipinski definition) is 2. The van der Waals surface area contributed by atoms with Gasteiger partial charge in [-0.3, -0.25) is 0 Å². The molecule has 0 saturated heterocycles. The van der Waals surface area contributed by atoms with Crippen molar-refractivity contribution >= 4 is 15.9 Å². The average Bonchev–Trinajstić information content (AvgIpc) is 2.34. The highest BCUT2D eigenvalue weighted by Crippen LogP contribution is 2.33. The Morgan fingerprint density at radius 2 is 1.94 bits per heavy atom. The average molecular weight is 315 g/mol. The van der Waals surface area contributed by atoms with E-state index in [4.69, 9.17) is 9.84 Å². The number of aliphatic hydroxyl groups excluding tert-OH is 1. The molecule has 2 aromatic rings. The summed E-state index contributed by atoms with van der Waals surface area (Å²) in [6.45, 7) is -0.341. The molecule has 18 heavy (non-hydrogen) atoms. The summed E-state index contributed by atoms with van der Waals surface area (Å²) in [5, 5.41) is 9.12. The van der Waals surface area contributed by atoms with Crippen molar-refractivity contribution in [3.8, 4) is 11.5 Å². The van der Waals surface area contributed by atoms with E-state index < -0.39 is 11.6 Å². The van der Waals surface area contributed by atoms with Crippen molar-refractivity contribution in [3.05, 3.63) is 58.1 Å². The predicted octanol–water partition coefficient (Wildman–Crippen LogP) is 4.01. The monoisotopic (exact) mass is 314 g/mol. The van der Waals surface area contributed by atoms with Crippen molar-refractivity contribution < 1.29 is 18.6 Å². The standard InChI is InChI=1S/C13H9BrF2O2/c14-10-6-9(15)4-5-12(10)18-13-8(7-17)2-1-3-11(13)16/h1-6,17H,7H2. The van der Waals surface area contributed by atoms with Gasteiger partial charge in [0.25, 0.3) is 0 Å². The Labute approximate surface area is 111 Å². The van der Waals surface area contributed by atoms with E-state index in [0.29, 0.717) is 10.0 Å². The molecule has 0 aliphatic carbocycles. The van der Waals surface area contributed by atoms with E-state index in [0.717, 1.165) is 0 Å². The summed E-state index contributed by atoms with van der Waals surface area (Å²) in [7, 11) is 0. The quantitative estimate of drug-likeness (QED) is 0.927. The lowest BCUT2D eigenvalue weighted by atomic mass is 10.2. The number of benzene rings is 2. The number of rotatable bonds is 3. The van der Waals surface area contributed by atoms with Crippen molar-refractivity contribution in [2.75, 3.05) is 0 Å². The summed E-state index contributed by atoms with van der Waals surface area (Å²) < 4.78 is 32.3. The van der Waals surface area contributed by atoms with Gasteiger partial charge in [0.1, 0.15) is 11.6 Å². The van der Waals surface area contributed by atoms with E-state index in [-0.39, 0.29) is 18.1 Å². The van der Waals surface area contributed by atoms with Crippen LogP contribution in [0.25, 0.3) is 0 Å². The predicted molar refractivity (Wildman–Crippen MR) is 66.5 cm³/mol. The second kappa shape index (κ2) is 5.46. The minimum absolute atomic E-state index is 0.0627. The van der Waals surface area contributed by atoms with Gasteiger partial charge in [-0.15, -0.1) is 0 Å². The Hall–Kier alpha value is -1.46. The molecule has 1 N–H and O–H groups in total. The molecule has 0 unspecified atom stereocenters. The molecule has 5 heteroatoms. The molecule has 2 aromatic carbocycles. The van der Waals surface area contributed by atoms with Crippen LogP contribution in [-0.4, -0.2) is 5.11 Å². The molecule has 2 rings (SSSR count). The summed E-state index contributed by atoms with van der Waals surface area (Å²) in [4.78, 5) is 0. The van der Waals surface area contributed by atoms with Crippen LogP contribution in [0.15, 0.2) is 40.9 Å². The van der Waals surface area contributed by atoms with E-state index in [9.17, 15) is 8.78 Å². The molecule has 0 fully saturated rings. The van der Waals surface area contributed by atoms with E-state index >= 15 is 0 Å². The SMILES string of the molecule is OCc1cccc(F)c1Oc1ccc(F)cc1Br. The zero-order chi connectivity index (χ0) is 13.1. The smallest absolute Gasteiger partial charge is 0.168 e. The largest absolute Gasteiger partial charge is 0.453 e. The Morgan fingerprint density at radius 3 is 2.61 bits per heavy atom. The lowest BCUT2D eigenvalue weighted by Crippen LogP contribution is -1.95. The van der Waals surface area contributed by atoms with Gasteiger partial charge in [0.15, 0.2) is 11.6 Å². The highest BCUT2D eigenvalue weighted by atomic mass is 79.9. The molecule has 0 aliphatic rings. The molecule has 0 saturated carbocycles. The third-order valence-corrected chi connectivity index (χ3v) is 2.94. The first-order valence-electron chi connectivity index (χ1n) is 5.13. The first-order valence-corrected chi connectivity index (χ1v) is 5.92. The van der Waals surface area contributed by atoms with E-state index in [2.05, 4.69) is 15.9 Å². The van der Waals surface area contributed by atoms with Gasteiger partial charge in [-0.2, -0.15) is 0 Å². The van der Waals surface area contributed by atoms with Crippen LogP contribution >= 0.6 is 15.9 Å². The van der Waals surface area contributed by atoms with Crippen LogP contribution in [0.4, 0.5) is 8.78 Å². The molecule has 0 radical (unpaired) electrons. The molecule has 2 nitrogen and oxygen atoms in total. The highest BCUT2D eigenvalue weighted by molar-refractivity contribution is 9.10. The topological polar surface area (TPSA) is 29.5 Å². The second-order valence-corrected chi connectivity index (χ2v) is 4.42. The molecule has 0 amide bonds. The fourth-order valence-electron chi connectivity index (χ4n) is 1.46. The maximum absolute atomic E-state index is 13.6. The Balaban J connectivity index is 2.39. The summed E-state index contributed by atoms with van der Waals surface area (Å²) >= 11 is 3.13. The van der Waals surface area contributed by atoms with Crippen LogP contribution in [-0.2, 0) is 6.61 Å². The third-order valence-electron chi connectivity index (χ3n) is 2.32. The Morgan fingerprint density at radius 1 is 1.17 bits per heavy atom. The summed E-state index contributed by atoms with van der Waals surface area (Å²) in [5.41, 5.74) is 0.325. The Kier molecular flexibility index (Phi) is 3.93. The lowest BCUT2D eigenvalue weighted by molar-refractivity contribution is 0.274. The minimum atomic E-state index is -0.585. The zero-order valence-electron chi connectivity index (χ0n) is 9.16. The zero-order valence-corrected chi connectivity index (χ0v) is 10.7. The van der Waals surface area contributed by atoms with Crippen LogP contribution in [0.2, 0.25) is 0 Å². The summed E-state index contributed by atoms with van der Waals surface area (Å²) in [5.74, 6) is -0.800. The van der Waals surface area contributed by atoms with Crippen molar-refractivity contribution in [1.82, 2.24) is 0 Å². The molecule has 0 heterocycles. The number of hydrogen-bond donors (Lipinski definition) is 1. The molecule has 0 atom stereocenters. The third kappa shape index (κ3) is 2.68. The number of ether oxygens (including phenoxy) is 1. The van der Waals surface area contributed by atoms with Gasteiger partial charge in [-0.1, -0.05) is 12.1 Å². The first kappa shape index (κ1) is 13.0. The summed E-state index contributed by atoms with van der Waals surface area (Å²) in [6.07, 6.45) is 0. The van der Waals surface area contributed by atoms with Gasteiger partial charge < -0.3 is 9.84 Å². The van der Waals surface area contributed by atoms with Crippen LogP contribution < -0.4 is 4.74 Å². The molecule has 0 bridgehead atoms. The lowest BCUT2D eigenvalue weighted by Gasteiger charge is -2.11. The summed E-state index contributed by atoms with van der Waals surface area (Å²) in [6, 6.07) is 8.07. The van der Waals surface area contributed by atoms with Crippen molar-refractivity contribution in [1.29, 1.82) is 0 Å². The number of aliphatic hydroxyl groups is 1. The van der Waals surface area contributed by atoms with Gasteiger partial charge in [0, 0.05) is 5.56 Å². The maximum Gasteiger partial charge on any atom is 0.168 e. The molecule has 0 aromatic heterocycles. The molecule has 94 valence electrons. The van der Waals surface area contributed by atoms with Gasteiger partial charge >= 0.3 is 0 Å². The fraction of sp³-hybridized carbons (Fsp3) is 0.0769. The normalized spacial score (nSPS) is 10.4. The number of halogens is 3. The van der Waals surface area contributed by atoms with Crippen LogP contribution in [0.5, 0.6) is 11.5 Å². The molecule has 0 spiro atoms. The van der Waals surface area contributed by atoms with Crippen LogP contribution in [0.3, 0.4) is 0 Å². The highest BCUT2D eigenvalue weighted by Gasteiger charge is 2.12. The molecule has 0 aliphatic heterocycles. The van der Waals surface area contributed by atoms with Crippen molar-refractivity contribution in [2.45, 2.75) is 6.61 Å². The fourth-order valence-corrected chi connectivity index (χ4v) is 1.89. The van der Waals surface area contributed by atoms with Gasteiger partial charge in [-0.25, -0.2) is 8.78 Å². The van der Waals surface area contributed by atoms with Crippen LogP contribution in [0, 0.1) is 11.6 Å². The Bertz CT molecular complexity index is 573.